The van der Waals surface area contributed by atoms with E-state index < -0.39 is 0 Å². The molecule has 1 saturated heterocycles. The van der Waals surface area contributed by atoms with Gasteiger partial charge in [-0.1, -0.05) is 12.5 Å². The zero-order valence-corrected chi connectivity index (χ0v) is 20.6. The summed E-state index contributed by atoms with van der Waals surface area (Å²) < 4.78 is 1.86. The Morgan fingerprint density at radius 3 is 2.69 bits per heavy atom. The van der Waals surface area contributed by atoms with Crippen LogP contribution >= 0.6 is 0 Å². The minimum atomic E-state index is -0.0336. The van der Waals surface area contributed by atoms with E-state index in [1.165, 1.54) is 51.4 Å². The van der Waals surface area contributed by atoms with Gasteiger partial charge in [0.2, 0.25) is 5.91 Å². The van der Waals surface area contributed by atoms with Crippen LogP contribution in [0.1, 0.15) is 67.5 Å². The predicted molar refractivity (Wildman–Crippen MR) is 133 cm³/mol. The smallest absolute Gasteiger partial charge is 0.268 e. The Bertz CT molecular complexity index is 1140. The normalized spacial score (nSPS) is 32.3. The van der Waals surface area contributed by atoms with Crippen LogP contribution in [0, 0.1) is 23.2 Å². The quantitative estimate of drug-likeness (QED) is 0.697. The number of aromatic nitrogens is 2. The number of hydrogen-bond donors (Lipinski definition) is 1. The Kier molecular flexibility index (Phi) is 5.19. The van der Waals surface area contributed by atoms with E-state index >= 15 is 0 Å². The summed E-state index contributed by atoms with van der Waals surface area (Å²) in [6.07, 6.45) is 12.8. The maximum absolute atomic E-state index is 13.2. The highest BCUT2D eigenvalue weighted by Gasteiger charge is 2.57. The van der Waals surface area contributed by atoms with Crippen LogP contribution in [-0.2, 0) is 11.2 Å². The van der Waals surface area contributed by atoms with Crippen molar-refractivity contribution in [3.05, 3.63) is 35.8 Å². The molecule has 1 N–H and O–H groups in total. The van der Waals surface area contributed by atoms with Crippen LogP contribution in [0.4, 0.5) is 0 Å². The van der Waals surface area contributed by atoms with E-state index in [1.54, 1.807) is 0 Å². The van der Waals surface area contributed by atoms with Crippen LogP contribution in [0.15, 0.2) is 24.4 Å². The first-order valence-electron chi connectivity index (χ1n) is 13.8. The number of carbonyl (C=O) groups is 2. The van der Waals surface area contributed by atoms with Crippen LogP contribution < -0.4 is 5.32 Å². The van der Waals surface area contributed by atoms with Gasteiger partial charge in [0.1, 0.15) is 11.3 Å². The third kappa shape index (κ3) is 3.96. The molecule has 2 aromatic heterocycles. The molecule has 186 valence electrons. The third-order valence-corrected chi connectivity index (χ3v) is 10.0. The van der Waals surface area contributed by atoms with Crippen LogP contribution in [-0.4, -0.2) is 69.8 Å². The lowest BCUT2D eigenvalue weighted by Crippen LogP contribution is -2.53. The van der Waals surface area contributed by atoms with E-state index in [0.717, 1.165) is 67.9 Å². The molecule has 35 heavy (non-hydrogen) atoms. The van der Waals surface area contributed by atoms with Gasteiger partial charge in [-0.25, -0.2) is 4.98 Å². The van der Waals surface area contributed by atoms with Gasteiger partial charge in [0, 0.05) is 45.0 Å². The lowest BCUT2D eigenvalue weighted by atomic mass is 9.75. The summed E-state index contributed by atoms with van der Waals surface area (Å²) in [4.78, 5) is 35.4. The van der Waals surface area contributed by atoms with Crippen molar-refractivity contribution < 1.29 is 9.59 Å². The van der Waals surface area contributed by atoms with E-state index in [0.29, 0.717) is 17.5 Å². The molecule has 5 aliphatic rings. The average molecular weight is 476 g/mol. The molecule has 5 fully saturated rings. The summed E-state index contributed by atoms with van der Waals surface area (Å²) in [6, 6.07) is 6.41. The van der Waals surface area contributed by atoms with Crippen LogP contribution in [0.3, 0.4) is 0 Å². The molecule has 4 atom stereocenters. The molecule has 2 amide bonds. The Morgan fingerprint density at radius 1 is 1.06 bits per heavy atom. The summed E-state index contributed by atoms with van der Waals surface area (Å²) in [5, 5.41) is 3.28. The fourth-order valence-corrected chi connectivity index (χ4v) is 7.72. The number of amides is 2. The van der Waals surface area contributed by atoms with Gasteiger partial charge in [-0.05, 0) is 80.2 Å². The molecular weight excluding hydrogens is 438 g/mol. The number of nitrogens with zero attached hydrogens (tertiary/aromatic N) is 4. The molecule has 4 saturated carbocycles. The molecule has 0 spiro atoms. The number of pyridine rings is 1. The van der Waals surface area contributed by atoms with E-state index in [9.17, 15) is 9.59 Å². The van der Waals surface area contributed by atoms with E-state index in [-0.39, 0.29) is 11.8 Å². The molecule has 4 unspecified atom stereocenters. The Balaban J connectivity index is 0.996. The molecule has 0 radical (unpaired) electrons. The zero-order chi connectivity index (χ0) is 23.6. The maximum Gasteiger partial charge on any atom is 0.268 e. The second kappa shape index (κ2) is 8.32. The Hall–Kier alpha value is -2.41. The topological polar surface area (TPSA) is 70.0 Å². The molecule has 3 heterocycles. The summed E-state index contributed by atoms with van der Waals surface area (Å²) in [5.41, 5.74) is 2.39. The lowest BCUT2D eigenvalue weighted by molar-refractivity contribution is -0.132. The fraction of sp³-hybridized carbons (Fsp3) is 0.679. The summed E-state index contributed by atoms with van der Waals surface area (Å²) in [7, 11) is 0. The van der Waals surface area contributed by atoms with E-state index in [2.05, 4.69) is 15.2 Å². The van der Waals surface area contributed by atoms with Gasteiger partial charge >= 0.3 is 0 Å². The van der Waals surface area contributed by atoms with E-state index in [1.807, 2.05) is 33.7 Å². The highest BCUT2D eigenvalue weighted by molar-refractivity contribution is 5.93. The fourth-order valence-electron chi connectivity index (χ4n) is 7.72. The SMILES string of the molecule is O=C(NCC12CCC(C1)C1CC1C2)c1cccc2nc(CC(=O)N3CCN(C4CCC4)CC3)cn12. The number of nitrogens with one attached hydrogen (secondary N) is 1. The van der Waals surface area contributed by atoms with E-state index in [4.69, 9.17) is 0 Å². The van der Waals surface area contributed by atoms with Gasteiger partial charge < -0.3 is 10.2 Å². The first-order chi connectivity index (χ1) is 17.1. The highest BCUT2D eigenvalue weighted by atomic mass is 16.2. The van der Waals surface area contributed by atoms with Crippen molar-refractivity contribution >= 4 is 17.5 Å². The van der Waals surface area contributed by atoms with Crippen molar-refractivity contribution in [1.29, 1.82) is 0 Å². The minimum Gasteiger partial charge on any atom is -0.350 e. The largest absolute Gasteiger partial charge is 0.350 e. The van der Waals surface area contributed by atoms with Gasteiger partial charge in [-0.15, -0.1) is 0 Å². The summed E-state index contributed by atoms with van der Waals surface area (Å²) in [5.74, 6) is 2.93. The van der Waals surface area contributed by atoms with Gasteiger partial charge in [0.25, 0.3) is 5.91 Å². The van der Waals surface area contributed by atoms with Crippen molar-refractivity contribution in [2.45, 2.75) is 63.8 Å². The second-order valence-corrected chi connectivity index (χ2v) is 12.1. The lowest BCUT2D eigenvalue weighted by Gasteiger charge is -2.42. The Labute approximate surface area is 207 Å². The van der Waals surface area contributed by atoms with Crippen molar-refractivity contribution in [2.75, 3.05) is 32.7 Å². The van der Waals surface area contributed by atoms with Crippen molar-refractivity contribution in [3.8, 4) is 0 Å². The number of piperazine rings is 1. The molecule has 7 rings (SSSR count). The van der Waals surface area contributed by atoms with Crippen LogP contribution in [0.5, 0.6) is 0 Å². The molecule has 2 bridgehead atoms. The summed E-state index contributed by atoms with van der Waals surface area (Å²) in [6.45, 7) is 4.36. The minimum absolute atomic E-state index is 0.0336. The molecule has 0 aromatic carbocycles. The first kappa shape index (κ1) is 21.8. The van der Waals surface area contributed by atoms with Crippen molar-refractivity contribution in [2.24, 2.45) is 23.2 Å². The molecule has 4 aliphatic carbocycles. The highest BCUT2D eigenvalue weighted by Crippen LogP contribution is 2.65. The number of rotatable bonds is 6. The third-order valence-electron chi connectivity index (χ3n) is 10.0. The average Bonchev–Trinajstić information content (AvgIpc) is 3.34. The maximum atomic E-state index is 13.2. The van der Waals surface area contributed by atoms with Gasteiger partial charge in [-0.3, -0.25) is 18.9 Å². The number of fused-ring (bicyclic) bond motifs is 5. The van der Waals surface area contributed by atoms with Crippen LogP contribution in [0.25, 0.3) is 5.65 Å². The molecule has 7 nitrogen and oxygen atoms in total. The Morgan fingerprint density at radius 2 is 1.89 bits per heavy atom. The number of carbonyl (C=O) groups excluding carboxylic acids is 2. The summed E-state index contributed by atoms with van der Waals surface area (Å²) >= 11 is 0. The molecule has 2 aromatic rings. The van der Waals surface area contributed by atoms with Gasteiger partial charge in [0.05, 0.1) is 12.1 Å². The van der Waals surface area contributed by atoms with Crippen molar-refractivity contribution in [3.63, 3.8) is 0 Å². The standard InChI is InChI=1S/C28H37N5O2/c34-26(32-11-9-31(10-12-32)22-3-1-4-22)14-21-17-33-24(5-2-6-25(33)30-21)27(35)29-18-28-8-7-19(15-28)23-13-20(23)16-28/h2,5-6,17,19-20,22-23H,1,3-4,7-16,18H2,(H,29,35). The molecular formula is C28H37N5O2. The zero-order valence-electron chi connectivity index (χ0n) is 20.6. The first-order valence-corrected chi connectivity index (χ1v) is 13.8. The number of hydrogen-bond acceptors (Lipinski definition) is 4. The van der Waals surface area contributed by atoms with Gasteiger partial charge in [-0.2, -0.15) is 0 Å². The van der Waals surface area contributed by atoms with Gasteiger partial charge in [0.15, 0.2) is 0 Å². The molecule has 7 heteroatoms. The number of imidazole rings is 1. The van der Waals surface area contributed by atoms with Crippen LogP contribution in [0.2, 0.25) is 0 Å². The molecule has 1 aliphatic heterocycles. The predicted octanol–water partition coefficient (Wildman–Crippen LogP) is 3.13. The monoisotopic (exact) mass is 475 g/mol. The van der Waals surface area contributed by atoms with Crippen molar-refractivity contribution in [1.82, 2.24) is 24.5 Å². The second-order valence-electron chi connectivity index (χ2n) is 12.1.